The standard InChI is InChI=1S/C9H13F3N2/c1-6(2)7-4-8(9(10,11)12)14(3)5-13-7/h4-7H,1-3H3/p+1. The quantitative estimate of drug-likeness (QED) is 0.647. The molecule has 1 unspecified atom stereocenters. The Morgan fingerprint density at radius 2 is 2.00 bits per heavy atom. The van der Waals surface area contributed by atoms with Crippen LogP contribution in [0.25, 0.3) is 0 Å². The number of rotatable bonds is 1. The highest BCUT2D eigenvalue weighted by molar-refractivity contribution is 5.51. The second-order valence-electron chi connectivity index (χ2n) is 3.73. The van der Waals surface area contributed by atoms with Gasteiger partial charge in [0.15, 0.2) is 0 Å². The van der Waals surface area contributed by atoms with Crippen molar-refractivity contribution in [3.8, 4) is 0 Å². The molecule has 1 heterocycles. The smallest absolute Gasteiger partial charge is 0.274 e. The maximum absolute atomic E-state index is 12.5. The second kappa shape index (κ2) is 3.63. The van der Waals surface area contributed by atoms with Crippen molar-refractivity contribution in [1.82, 2.24) is 5.32 Å². The number of nitrogens with zero attached hydrogens (tertiary/aromatic N) is 1. The molecule has 5 heteroatoms. The van der Waals surface area contributed by atoms with Crippen molar-refractivity contribution in [3.05, 3.63) is 11.8 Å². The first-order valence-corrected chi connectivity index (χ1v) is 4.43. The summed E-state index contributed by atoms with van der Waals surface area (Å²) >= 11 is 0. The fourth-order valence-electron chi connectivity index (χ4n) is 1.28. The molecule has 1 atom stereocenters. The lowest BCUT2D eigenvalue weighted by Crippen LogP contribution is -2.41. The minimum atomic E-state index is -4.28. The van der Waals surface area contributed by atoms with E-state index in [-0.39, 0.29) is 12.0 Å². The first-order chi connectivity index (χ1) is 6.32. The molecule has 0 bridgehead atoms. The first-order valence-electron chi connectivity index (χ1n) is 4.43. The van der Waals surface area contributed by atoms with Crippen LogP contribution >= 0.6 is 0 Å². The van der Waals surface area contributed by atoms with Crippen LogP contribution in [-0.4, -0.2) is 30.2 Å². The molecule has 0 aromatic carbocycles. The van der Waals surface area contributed by atoms with Crippen molar-refractivity contribution in [2.24, 2.45) is 5.92 Å². The maximum atomic E-state index is 12.5. The molecule has 0 radical (unpaired) electrons. The number of hydrogen-bond acceptors (Lipinski definition) is 1. The van der Waals surface area contributed by atoms with Crippen LogP contribution in [0.3, 0.4) is 0 Å². The summed E-state index contributed by atoms with van der Waals surface area (Å²) in [5, 5.41) is 2.89. The summed E-state index contributed by atoms with van der Waals surface area (Å²) in [5.74, 6) is 0.136. The van der Waals surface area contributed by atoms with Gasteiger partial charge in [-0.25, -0.2) is 4.58 Å². The minimum absolute atomic E-state index is 0.136. The van der Waals surface area contributed by atoms with Crippen LogP contribution in [-0.2, 0) is 0 Å². The van der Waals surface area contributed by atoms with E-state index in [0.29, 0.717) is 0 Å². The van der Waals surface area contributed by atoms with Crippen molar-refractivity contribution >= 4 is 6.34 Å². The Balaban J connectivity index is 2.95. The van der Waals surface area contributed by atoms with Crippen molar-refractivity contribution < 1.29 is 17.7 Å². The van der Waals surface area contributed by atoms with E-state index >= 15 is 0 Å². The van der Waals surface area contributed by atoms with Crippen LogP contribution in [0.4, 0.5) is 13.2 Å². The number of halogens is 3. The molecule has 0 aliphatic carbocycles. The van der Waals surface area contributed by atoms with E-state index < -0.39 is 11.9 Å². The largest absolute Gasteiger partial charge is 0.453 e. The van der Waals surface area contributed by atoms with Gasteiger partial charge in [-0.05, 0) is 5.92 Å². The van der Waals surface area contributed by atoms with Gasteiger partial charge in [0.2, 0.25) is 12.0 Å². The number of hydrogen-bond donors (Lipinski definition) is 1. The molecule has 0 fully saturated rings. The summed E-state index contributed by atoms with van der Waals surface area (Å²) in [6.07, 6.45) is -1.70. The lowest BCUT2D eigenvalue weighted by Gasteiger charge is -2.20. The highest BCUT2D eigenvalue weighted by atomic mass is 19.4. The molecule has 1 aliphatic rings. The second-order valence-corrected chi connectivity index (χ2v) is 3.73. The van der Waals surface area contributed by atoms with Crippen molar-refractivity contribution in [2.45, 2.75) is 26.1 Å². The summed E-state index contributed by atoms with van der Waals surface area (Å²) in [6, 6.07) is -0.247. The van der Waals surface area contributed by atoms with Gasteiger partial charge in [0, 0.05) is 6.08 Å². The van der Waals surface area contributed by atoms with Crippen molar-refractivity contribution in [2.75, 3.05) is 7.05 Å². The third-order valence-corrected chi connectivity index (χ3v) is 2.19. The van der Waals surface area contributed by atoms with Gasteiger partial charge >= 0.3 is 6.18 Å². The molecule has 80 valence electrons. The predicted octanol–water partition coefficient (Wildman–Crippen LogP) is 1.73. The normalized spacial score (nSPS) is 22.9. The Morgan fingerprint density at radius 3 is 2.43 bits per heavy atom. The number of alkyl halides is 3. The third-order valence-electron chi connectivity index (χ3n) is 2.19. The Morgan fingerprint density at radius 1 is 1.43 bits per heavy atom. The molecule has 0 saturated heterocycles. The zero-order valence-electron chi connectivity index (χ0n) is 8.39. The summed E-state index contributed by atoms with van der Waals surface area (Å²) in [6.45, 7) is 3.75. The van der Waals surface area contributed by atoms with Crippen LogP contribution in [0.1, 0.15) is 13.8 Å². The van der Waals surface area contributed by atoms with E-state index in [1.807, 2.05) is 13.8 Å². The molecule has 0 amide bonds. The van der Waals surface area contributed by atoms with Crippen LogP contribution in [0, 0.1) is 5.92 Å². The Kier molecular flexibility index (Phi) is 2.87. The number of nitrogens with one attached hydrogen (secondary N) is 1. The zero-order chi connectivity index (χ0) is 10.9. The molecule has 0 saturated carbocycles. The van der Waals surface area contributed by atoms with Gasteiger partial charge in [-0.15, -0.1) is 0 Å². The molecule has 0 aromatic heterocycles. The van der Waals surface area contributed by atoms with E-state index in [9.17, 15) is 13.2 Å². The lowest BCUT2D eigenvalue weighted by atomic mass is 10.0. The molecule has 14 heavy (non-hydrogen) atoms. The van der Waals surface area contributed by atoms with E-state index in [2.05, 4.69) is 5.32 Å². The number of allylic oxidation sites excluding steroid dienone is 1. The predicted molar refractivity (Wildman–Crippen MR) is 48.1 cm³/mol. The molecule has 1 aliphatic heterocycles. The zero-order valence-corrected chi connectivity index (χ0v) is 8.39. The Hall–Kier alpha value is -1.00. The molecular weight excluding hydrogens is 193 g/mol. The average Bonchev–Trinajstić information content (AvgIpc) is 2.02. The van der Waals surface area contributed by atoms with Crippen LogP contribution < -0.4 is 5.32 Å². The molecular formula is C9H14F3N2+. The molecule has 1 rings (SSSR count). The van der Waals surface area contributed by atoms with Gasteiger partial charge in [-0.3, -0.25) is 5.32 Å². The molecule has 0 aromatic rings. The molecule has 2 nitrogen and oxygen atoms in total. The summed E-state index contributed by atoms with van der Waals surface area (Å²) in [5.41, 5.74) is -0.602. The molecule has 0 spiro atoms. The van der Waals surface area contributed by atoms with Gasteiger partial charge in [0.1, 0.15) is 6.04 Å². The minimum Gasteiger partial charge on any atom is -0.274 e. The van der Waals surface area contributed by atoms with E-state index in [1.54, 1.807) is 0 Å². The fraction of sp³-hybridized carbons (Fsp3) is 0.667. The maximum Gasteiger partial charge on any atom is 0.453 e. The third kappa shape index (κ3) is 2.27. The molecule has 1 N–H and O–H groups in total. The highest BCUT2D eigenvalue weighted by Gasteiger charge is 2.41. The summed E-state index contributed by atoms with van der Waals surface area (Å²) in [7, 11) is 1.38. The summed E-state index contributed by atoms with van der Waals surface area (Å²) < 4.78 is 38.5. The first kappa shape index (κ1) is 11.1. The van der Waals surface area contributed by atoms with Gasteiger partial charge in [-0.2, -0.15) is 13.2 Å². The Bertz CT molecular complexity index is 276. The van der Waals surface area contributed by atoms with Crippen molar-refractivity contribution in [1.29, 1.82) is 0 Å². The van der Waals surface area contributed by atoms with Gasteiger partial charge in [0.05, 0.1) is 7.05 Å². The highest BCUT2D eigenvalue weighted by Crippen LogP contribution is 2.27. The topological polar surface area (TPSA) is 15.0 Å². The SMILES string of the molecule is CC(C)C1C=C(C(F)(F)F)[N+](C)=CN1. The lowest BCUT2D eigenvalue weighted by molar-refractivity contribution is -0.475. The van der Waals surface area contributed by atoms with Gasteiger partial charge in [-0.1, -0.05) is 13.8 Å². The fourth-order valence-corrected chi connectivity index (χ4v) is 1.28. The van der Waals surface area contributed by atoms with Crippen LogP contribution in [0.15, 0.2) is 11.8 Å². The monoisotopic (exact) mass is 207 g/mol. The van der Waals surface area contributed by atoms with Crippen LogP contribution in [0.2, 0.25) is 0 Å². The van der Waals surface area contributed by atoms with Crippen LogP contribution in [0.5, 0.6) is 0 Å². The summed E-state index contributed by atoms with van der Waals surface area (Å²) in [4.78, 5) is 0. The average molecular weight is 207 g/mol. The van der Waals surface area contributed by atoms with Crippen molar-refractivity contribution in [3.63, 3.8) is 0 Å². The van der Waals surface area contributed by atoms with E-state index in [4.69, 9.17) is 0 Å². The Labute approximate surface area is 81.1 Å². The van der Waals surface area contributed by atoms with E-state index in [0.717, 1.165) is 4.58 Å². The van der Waals surface area contributed by atoms with E-state index in [1.165, 1.54) is 19.5 Å². The van der Waals surface area contributed by atoms with Gasteiger partial charge in [0.25, 0.3) is 0 Å². The van der Waals surface area contributed by atoms with Gasteiger partial charge < -0.3 is 0 Å².